The molecule has 0 radical (unpaired) electrons. The van der Waals surface area contributed by atoms with E-state index in [0.29, 0.717) is 24.3 Å². The molecule has 0 heterocycles. The fourth-order valence-corrected chi connectivity index (χ4v) is 4.54. The Morgan fingerprint density at radius 2 is 1.80 bits per heavy atom. The van der Waals surface area contributed by atoms with Crippen molar-refractivity contribution in [3.8, 4) is 5.75 Å². The van der Waals surface area contributed by atoms with E-state index in [1.807, 2.05) is 0 Å². The molecule has 0 spiro atoms. The first-order valence-electron chi connectivity index (χ1n) is 9.37. The monoisotopic (exact) mass is 441 g/mol. The smallest absolute Gasteiger partial charge is 0.387 e. The number of benzene rings is 2. The van der Waals surface area contributed by atoms with Crippen LogP contribution in [0.5, 0.6) is 5.75 Å². The third-order valence-corrected chi connectivity index (χ3v) is 6.53. The Hall–Kier alpha value is -2.72. The number of hydrogen-bond acceptors (Lipinski definition) is 5. The second kappa shape index (κ2) is 10.4. The number of anilines is 2. The molecule has 0 saturated heterocycles. The molecule has 30 heavy (non-hydrogen) atoms. The Morgan fingerprint density at radius 1 is 1.13 bits per heavy atom. The average Bonchev–Trinajstić information content (AvgIpc) is 2.69. The SMILES string of the molecule is CCN(CC)S(=O)(=O)c1cc(NCC(=O)Nc2ccccc2OC(F)F)ccc1C. The molecule has 164 valence electrons. The van der Waals surface area contributed by atoms with Gasteiger partial charge in [0.25, 0.3) is 0 Å². The van der Waals surface area contributed by atoms with Crippen LogP contribution in [0.1, 0.15) is 19.4 Å². The number of carbonyl (C=O) groups is 1. The first-order chi connectivity index (χ1) is 14.2. The van der Waals surface area contributed by atoms with Crippen LogP contribution < -0.4 is 15.4 Å². The summed E-state index contributed by atoms with van der Waals surface area (Å²) in [6.07, 6.45) is 0. The Balaban J connectivity index is 2.11. The molecule has 1 amide bonds. The van der Waals surface area contributed by atoms with Gasteiger partial charge in [-0.1, -0.05) is 32.0 Å². The molecule has 0 aromatic heterocycles. The number of amides is 1. The Kier molecular flexibility index (Phi) is 8.13. The molecule has 2 aromatic rings. The standard InChI is InChI=1S/C20H25F2N3O4S/c1-4-25(5-2)30(27,28)18-12-15(11-10-14(18)3)23-13-19(26)24-16-8-6-7-9-17(16)29-20(21)22/h6-12,20,23H,4-5,13H2,1-3H3,(H,24,26). The van der Waals surface area contributed by atoms with Gasteiger partial charge in [-0.2, -0.15) is 13.1 Å². The van der Waals surface area contributed by atoms with Crippen LogP contribution in [0.25, 0.3) is 0 Å². The van der Waals surface area contributed by atoms with E-state index in [9.17, 15) is 22.0 Å². The van der Waals surface area contributed by atoms with E-state index in [0.717, 1.165) is 0 Å². The minimum absolute atomic E-state index is 0.110. The van der Waals surface area contributed by atoms with Gasteiger partial charge >= 0.3 is 6.61 Å². The third-order valence-electron chi connectivity index (χ3n) is 4.34. The predicted octanol–water partition coefficient (Wildman–Crippen LogP) is 3.68. The summed E-state index contributed by atoms with van der Waals surface area (Å²) in [7, 11) is -3.65. The largest absolute Gasteiger partial charge is 0.433 e. The number of alkyl halides is 2. The molecule has 2 aromatic carbocycles. The summed E-state index contributed by atoms with van der Waals surface area (Å²) < 4.78 is 56.3. The van der Waals surface area contributed by atoms with Gasteiger partial charge in [-0.05, 0) is 36.8 Å². The van der Waals surface area contributed by atoms with E-state index in [4.69, 9.17) is 0 Å². The van der Waals surface area contributed by atoms with E-state index < -0.39 is 22.5 Å². The fraction of sp³-hybridized carbons (Fsp3) is 0.350. The van der Waals surface area contributed by atoms with E-state index in [1.165, 1.54) is 28.6 Å². The van der Waals surface area contributed by atoms with Gasteiger partial charge in [-0.15, -0.1) is 0 Å². The molecular weight excluding hydrogens is 416 g/mol. The normalized spacial score (nSPS) is 11.6. The lowest BCUT2D eigenvalue weighted by Gasteiger charge is -2.20. The first kappa shape index (κ1) is 23.6. The summed E-state index contributed by atoms with van der Waals surface area (Å²) in [5, 5.41) is 5.35. The highest BCUT2D eigenvalue weighted by Gasteiger charge is 2.24. The van der Waals surface area contributed by atoms with Gasteiger partial charge in [0.05, 0.1) is 17.1 Å². The zero-order valence-corrected chi connectivity index (χ0v) is 17.8. The second-order valence-corrected chi connectivity index (χ2v) is 8.25. The van der Waals surface area contributed by atoms with Crippen molar-refractivity contribution in [3.63, 3.8) is 0 Å². The minimum atomic E-state index is -3.65. The van der Waals surface area contributed by atoms with Crippen LogP contribution >= 0.6 is 0 Å². The van der Waals surface area contributed by atoms with Gasteiger partial charge in [-0.25, -0.2) is 8.42 Å². The molecule has 0 unspecified atom stereocenters. The summed E-state index contributed by atoms with van der Waals surface area (Å²) in [5.41, 5.74) is 1.15. The molecule has 0 fully saturated rings. The predicted molar refractivity (Wildman–Crippen MR) is 111 cm³/mol. The van der Waals surface area contributed by atoms with Gasteiger partial charge in [0.2, 0.25) is 15.9 Å². The van der Waals surface area contributed by atoms with E-state index in [-0.39, 0.29) is 22.9 Å². The summed E-state index contributed by atoms with van der Waals surface area (Å²) >= 11 is 0. The van der Waals surface area contributed by atoms with Crippen molar-refractivity contribution in [1.29, 1.82) is 0 Å². The van der Waals surface area contributed by atoms with Crippen LogP contribution in [-0.4, -0.2) is 44.9 Å². The topological polar surface area (TPSA) is 87.7 Å². The van der Waals surface area contributed by atoms with Gasteiger partial charge in [0.1, 0.15) is 5.75 Å². The van der Waals surface area contributed by atoms with Crippen LogP contribution in [0.3, 0.4) is 0 Å². The highest BCUT2D eigenvalue weighted by atomic mass is 32.2. The molecule has 0 aliphatic rings. The number of carbonyl (C=O) groups excluding carboxylic acids is 1. The van der Waals surface area contributed by atoms with Crippen molar-refractivity contribution >= 4 is 27.3 Å². The van der Waals surface area contributed by atoms with Crippen LogP contribution in [0.15, 0.2) is 47.4 Å². The number of ether oxygens (including phenoxy) is 1. The van der Waals surface area contributed by atoms with Gasteiger partial charge in [0.15, 0.2) is 0 Å². The quantitative estimate of drug-likeness (QED) is 0.587. The van der Waals surface area contributed by atoms with Crippen LogP contribution in [0, 0.1) is 6.92 Å². The zero-order valence-electron chi connectivity index (χ0n) is 17.0. The van der Waals surface area contributed by atoms with Crippen molar-refractivity contribution in [1.82, 2.24) is 4.31 Å². The lowest BCUT2D eigenvalue weighted by molar-refractivity contribution is -0.114. The fourth-order valence-electron chi connectivity index (χ4n) is 2.84. The van der Waals surface area contributed by atoms with Gasteiger partial charge < -0.3 is 15.4 Å². The maximum Gasteiger partial charge on any atom is 0.387 e. The molecule has 7 nitrogen and oxygen atoms in total. The maximum atomic E-state index is 12.8. The highest BCUT2D eigenvalue weighted by molar-refractivity contribution is 7.89. The van der Waals surface area contributed by atoms with Crippen molar-refractivity contribution < 1.29 is 26.7 Å². The van der Waals surface area contributed by atoms with Crippen LogP contribution in [0.2, 0.25) is 0 Å². The van der Waals surface area contributed by atoms with Crippen molar-refractivity contribution in [2.45, 2.75) is 32.3 Å². The zero-order chi connectivity index (χ0) is 22.3. The van der Waals surface area contributed by atoms with Crippen molar-refractivity contribution in [2.24, 2.45) is 0 Å². The molecule has 0 aliphatic carbocycles. The molecule has 0 bridgehead atoms. The second-order valence-electron chi connectivity index (χ2n) is 6.35. The molecule has 10 heteroatoms. The molecule has 0 aliphatic heterocycles. The van der Waals surface area contributed by atoms with E-state index in [1.54, 1.807) is 39.0 Å². The summed E-state index contributed by atoms with van der Waals surface area (Å²) in [4.78, 5) is 12.4. The number of sulfonamides is 1. The van der Waals surface area contributed by atoms with Crippen molar-refractivity contribution in [3.05, 3.63) is 48.0 Å². The lowest BCUT2D eigenvalue weighted by atomic mass is 10.2. The van der Waals surface area contributed by atoms with Gasteiger partial charge in [0, 0.05) is 18.8 Å². The average molecular weight is 442 g/mol. The number of halogens is 2. The lowest BCUT2D eigenvalue weighted by Crippen LogP contribution is -2.31. The number of rotatable bonds is 10. The molecule has 0 atom stereocenters. The first-order valence-corrected chi connectivity index (χ1v) is 10.8. The Bertz CT molecular complexity index is 980. The summed E-state index contributed by atoms with van der Waals surface area (Å²) in [5.74, 6) is -0.655. The summed E-state index contributed by atoms with van der Waals surface area (Å²) in [6, 6.07) is 10.6. The van der Waals surface area contributed by atoms with Gasteiger partial charge in [-0.3, -0.25) is 4.79 Å². The van der Waals surface area contributed by atoms with Crippen molar-refractivity contribution in [2.75, 3.05) is 30.3 Å². The molecule has 2 rings (SSSR count). The molecular formula is C20H25F2N3O4S. The Morgan fingerprint density at radius 3 is 2.43 bits per heavy atom. The Labute approximate surface area is 175 Å². The number of para-hydroxylation sites is 2. The number of nitrogens with one attached hydrogen (secondary N) is 2. The van der Waals surface area contributed by atoms with Crippen LogP contribution in [0.4, 0.5) is 20.2 Å². The minimum Gasteiger partial charge on any atom is -0.433 e. The summed E-state index contributed by atoms with van der Waals surface area (Å²) in [6.45, 7) is 2.71. The maximum absolute atomic E-state index is 12.8. The van der Waals surface area contributed by atoms with E-state index in [2.05, 4.69) is 15.4 Å². The van der Waals surface area contributed by atoms with E-state index >= 15 is 0 Å². The molecule has 0 saturated carbocycles. The highest BCUT2D eigenvalue weighted by Crippen LogP contribution is 2.26. The number of nitrogens with zero attached hydrogens (tertiary/aromatic N) is 1. The number of hydrogen-bond donors (Lipinski definition) is 2. The number of aryl methyl sites for hydroxylation is 1. The third kappa shape index (κ3) is 5.90. The van der Waals surface area contributed by atoms with Crippen LogP contribution in [-0.2, 0) is 14.8 Å². The molecule has 2 N–H and O–H groups in total.